The molecule has 4 rings (SSSR count). The first-order valence-electron chi connectivity index (χ1n) is 10.2. The van der Waals surface area contributed by atoms with Crippen molar-refractivity contribution >= 4 is 60.7 Å². The number of rotatable bonds is 7. The summed E-state index contributed by atoms with van der Waals surface area (Å²) in [4.78, 5) is 24.3. The zero-order valence-electron chi connectivity index (χ0n) is 17.7. The quantitative estimate of drug-likeness (QED) is 0.124. The van der Waals surface area contributed by atoms with E-state index in [-0.39, 0.29) is 12.5 Å². The smallest absolute Gasteiger partial charge is 0.344 e. The lowest BCUT2D eigenvalue weighted by Crippen LogP contribution is -2.24. The molecular weight excluding hydrogens is 564 g/mol. The summed E-state index contributed by atoms with van der Waals surface area (Å²) < 4.78 is 12.6. The van der Waals surface area contributed by atoms with E-state index in [1.165, 1.54) is 6.21 Å². The van der Waals surface area contributed by atoms with Crippen LogP contribution in [0.1, 0.15) is 15.9 Å². The van der Waals surface area contributed by atoms with Crippen molar-refractivity contribution < 1.29 is 19.1 Å². The molecule has 0 fully saturated rings. The number of halogens is 2. The van der Waals surface area contributed by atoms with Crippen molar-refractivity contribution in [1.29, 1.82) is 0 Å². The topological polar surface area (TPSA) is 77.0 Å². The number of hydrogen-bond acceptors (Lipinski definition) is 5. The summed E-state index contributed by atoms with van der Waals surface area (Å²) in [5.74, 6) is 0.159. The first-order valence-corrected chi connectivity index (χ1v) is 11.8. The van der Waals surface area contributed by atoms with Crippen molar-refractivity contribution in [2.75, 3.05) is 6.61 Å². The molecule has 34 heavy (non-hydrogen) atoms. The lowest BCUT2D eigenvalue weighted by Gasteiger charge is -2.07. The normalized spacial score (nSPS) is 10.9. The van der Waals surface area contributed by atoms with Gasteiger partial charge in [-0.2, -0.15) is 5.10 Å². The third kappa shape index (κ3) is 6.30. The van der Waals surface area contributed by atoms with E-state index in [1.807, 2.05) is 42.5 Å². The molecular formula is C26H18Br2N2O4. The van der Waals surface area contributed by atoms with Crippen molar-refractivity contribution in [3.8, 4) is 11.5 Å². The van der Waals surface area contributed by atoms with E-state index < -0.39 is 5.97 Å². The Morgan fingerprint density at radius 2 is 1.56 bits per heavy atom. The van der Waals surface area contributed by atoms with Crippen LogP contribution in [0.2, 0.25) is 0 Å². The summed E-state index contributed by atoms with van der Waals surface area (Å²) in [5.41, 5.74) is 3.59. The van der Waals surface area contributed by atoms with Crippen LogP contribution in [-0.4, -0.2) is 24.7 Å². The van der Waals surface area contributed by atoms with Gasteiger partial charge in [0.15, 0.2) is 6.61 Å². The average molecular weight is 582 g/mol. The van der Waals surface area contributed by atoms with Crippen molar-refractivity contribution in [3.63, 3.8) is 0 Å². The van der Waals surface area contributed by atoms with Crippen LogP contribution in [0.15, 0.2) is 99.0 Å². The van der Waals surface area contributed by atoms with E-state index in [4.69, 9.17) is 9.47 Å². The molecule has 4 aromatic carbocycles. The van der Waals surface area contributed by atoms with Crippen LogP contribution in [0.25, 0.3) is 10.8 Å². The molecule has 0 spiro atoms. The summed E-state index contributed by atoms with van der Waals surface area (Å²) in [5, 5.41) is 6.03. The first kappa shape index (κ1) is 23.7. The Balaban J connectivity index is 1.26. The molecule has 0 radical (unpaired) electrons. The fourth-order valence-electron chi connectivity index (χ4n) is 3.06. The Kier molecular flexibility index (Phi) is 7.72. The van der Waals surface area contributed by atoms with E-state index in [0.29, 0.717) is 21.5 Å². The Labute approximate surface area is 212 Å². The monoisotopic (exact) mass is 580 g/mol. The molecule has 4 aromatic rings. The van der Waals surface area contributed by atoms with Crippen LogP contribution >= 0.6 is 31.9 Å². The minimum Gasteiger partial charge on any atom is -0.484 e. The molecule has 0 heterocycles. The van der Waals surface area contributed by atoms with E-state index in [0.717, 1.165) is 20.8 Å². The molecule has 170 valence electrons. The van der Waals surface area contributed by atoms with E-state index in [1.54, 1.807) is 42.5 Å². The number of hydrazone groups is 1. The average Bonchev–Trinajstić information content (AvgIpc) is 2.84. The maximum Gasteiger partial charge on any atom is 0.344 e. The van der Waals surface area contributed by atoms with Crippen LogP contribution < -0.4 is 14.9 Å². The molecule has 1 N–H and O–H groups in total. The maximum atomic E-state index is 12.3. The first-order chi connectivity index (χ1) is 16.5. The molecule has 6 nitrogen and oxygen atoms in total. The second-order valence-corrected chi connectivity index (χ2v) is 8.94. The zero-order chi connectivity index (χ0) is 23.9. The van der Waals surface area contributed by atoms with Crippen LogP contribution in [-0.2, 0) is 4.79 Å². The van der Waals surface area contributed by atoms with Gasteiger partial charge in [-0.25, -0.2) is 10.2 Å². The van der Waals surface area contributed by atoms with Gasteiger partial charge in [0.05, 0.1) is 11.8 Å². The molecule has 0 aliphatic rings. The molecule has 0 atom stereocenters. The third-order valence-corrected chi connectivity index (χ3v) is 5.92. The number of esters is 1. The molecule has 0 bridgehead atoms. The molecule has 0 saturated heterocycles. The fourth-order valence-corrected chi connectivity index (χ4v) is 3.88. The van der Waals surface area contributed by atoms with Gasteiger partial charge < -0.3 is 9.47 Å². The summed E-state index contributed by atoms with van der Waals surface area (Å²) in [7, 11) is 0. The Morgan fingerprint density at radius 3 is 2.35 bits per heavy atom. The molecule has 0 aromatic heterocycles. The van der Waals surface area contributed by atoms with Crippen LogP contribution in [0.3, 0.4) is 0 Å². The van der Waals surface area contributed by atoms with Crippen molar-refractivity contribution in [3.05, 3.63) is 105 Å². The van der Waals surface area contributed by atoms with Crippen LogP contribution in [0.4, 0.5) is 0 Å². The standard InChI is InChI=1S/C26H18Br2N2O4/c27-20-9-7-19-14-22(12-8-18(19)13-20)33-16-25(31)30-29-15-17-5-10-21(11-6-17)34-26(32)23-3-1-2-4-24(23)28/h1-15H,16H2,(H,30,31). The Bertz CT molecular complexity index is 1370. The van der Waals surface area contributed by atoms with Crippen LogP contribution in [0, 0.1) is 0 Å². The lowest BCUT2D eigenvalue weighted by molar-refractivity contribution is -0.123. The number of benzene rings is 4. The summed E-state index contributed by atoms with van der Waals surface area (Å²) in [6.07, 6.45) is 1.49. The Hall–Kier alpha value is -3.49. The van der Waals surface area contributed by atoms with Crippen molar-refractivity contribution in [1.82, 2.24) is 5.43 Å². The van der Waals surface area contributed by atoms with Gasteiger partial charge in [-0.3, -0.25) is 4.79 Å². The zero-order valence-corrected chi connectivity index (χ0v) is 20.9. The molecule has 8 heteroatoms. The van der Waals surface area contributed by atoms with E-state index in [9.17, 15) is 9.59 Å². The van der Waals surface area contributed by atoms with Gasteiger partial charge in [0.25, 0.3) is 5.91 Å². The number of carbonyl (C=O) groups is 2. The van der Waals surface area contributed by atoms with Gasteiger partial charge in [-0.05, 0) is 92.9 Å². The van der Waals surface area contributed by atoms with E-state index >= 15 is 0 Å². The Morgan fingerprint density at radius 1 is 0.853 bits per heavy atom. The maximum absolute atomic E-state index is 12.3. The van der Waals surface area contributed by atoms with Gasteiger partial charge in [-0.1, -0.05) is 40.2 Å². The highest BCUT2D eigenvalue weighted by molar-refractivity contribution is 9.10. The van der Waals surface area contributed by atoms with Crippen molar-refractivity contribution in [2.24, 2.45) is 5.10 Å². The van der Waals surface area contributed by atoms with E-state index in [2.05, 4.69) is 42.4 Å². The minimum atomic E-state index is -0.458. The number of nitrogens with zero attached hydrogens (tertiary/aromatic N) is 1. The van der Waals surface area contributed by atoms with Gasteiger partial charge in [-0.15, -0.1) is 0 Å². The largest absolute Gasteiger partial charge is 0.484 e. The second-order valence-electron chi connectivity index (χ2n) is 7.17. The summed E-state index contributed by atoms with van der Waals surface area (Å²) >= 11 is 6.78. The number of amides is 1. The fraction of sp³-hybridized carbons (Fsp3) is 0.0385. The second kappa shape index (κ2) is 11.1. The number of ether oxygens (including phenoxy) is 2. The molecule has 0 saturated carbocycles. The molecule has 1 amide bonds. The number of fused-ring (bicyclic) bond motifs is 1. The number of hydrogen-bond donors (Lipinski definition) is 1. The highest BCUT2D eigenvalue weighted by Crippen LogP contribution is 2.24. The van der Waals surface area contributed by atoms with Gasteiger partial charge >= 0.3 is 5.97 Å². The highest BCUT2D eigenvalue weighted by atomic mass is 79.9. The molecule has 0 aliphatic heterocycles. The van der Waals surface area contributed by atoms with Gasteiger partial charge in [0.2, 0.25) is 0 Å². The van der Waals surface area contributed by atoms with Gasteiger partial charge in [0, 0.05) is 8.95 Å². The minimum absolute atomic E-state index is 0.163. The highest BCUT2D eigenvalue weighted by Gasteiger charge is 2.11. The predicted molar refractivity (Wildman–Crippen MR) is 138 cm³/mol. The lowest BCUT2D eigenvalue weighted by atomic mass is 10.1. The molecule has 0 aliphatic carbocycles. The number of nitrogens with one attached hydrogen (secondary N) is 1. The third-order valence-electron chi connectivity index (χ3n) is 4.73. The summed E-state index contributed by atoms with van der Waals surface area (Å²) in [6, 6.07) is 25.4. The molecule has 0 unspecified atom stereocenters. The predicted octanol–water partition coefficient (Wildman–Crippen LogP) is 6.11. The van der Waals surface area contributed by atoms with Gasteiger partial charge in [0.1, 0.15) is 11.5 Å². The van der Waals surface area contributed by atoms with Crippen molar-refractivity contribution in [2.45, 2.75) is 0 Å². The van der Waals surface area contributed by atoms with Crippen LogP contribution in [0.5, 0.6) is 11.5 Å². The summed E-state index contributed by atoms with van der Waals surface area (Å²) in [6.45, 7) is -0.163. The number of carbonyl (C=O) groups excluding carboxylic acids is 2. The SMILES string of the molecule is O=C(COc1ccc2cc(Br)ccc2c1)NN=Cc1ccc(OC(=O)c2ccccc2Br)cc1.